The van der Waals surface area contributed by atoms with Gasteiger partial charge >= 0.3 is 0 Å². The molecule has 0 aliphatic carbocycles. The minimum absolute atomic E-state index is 0.159. The molecule has 0 heterocycles. The summed E-state index contributed by atoms with van der Waals surface area (Å²) in [6, 6.07) is 4.96. The molecule has 0 saturated carbocycles. The number of amides is 1. The van der Waals surface area contributed by atoms with Gasteiger partial charge in [-0.25, -0.2) is 0 Å². The highest BCUT2D eigenvalue weighted by molar-refractivity contribution is 5.96. The third-order valence-corrected chi connectivity index (χ3v) is 1.98. The fourth-order valence-corrected chi connectivity index (χ4v) is 1.29. The molecule has 0 radical (unpaired) electrons. The molecule has 0 bridgehead atoms. The molecule has 0 fully saturated rings. The zero-order valence-electron chi connectivity index (χ0n) is 7.79. The summed E-state index contributed by atoms with van der Waals surface area (Å²) < 4.78 is 0. The first-order valence-corrected chi connectivity index (χ1v) is 4.23. The first-order valence-electron chi connectivity index (χ1n) is 4.23. The van der Waals surface area contributed by atoms with Crippen molar-refractivity contribution >= 4 is 5.91 Å². The van der Waals surface area contributed by atoms with E-state index in [9.17, 15) is 9.90 Å². The molecule has 0 aliphatic heterocycles. The summed E-state index contributed by atoms with van der Waals surface area (Å²) in [6.45, 7) is 1.90. The fourth-order valence-electron chi connectivity index (χ4n) is 1.29. The number of phenolic OH excluding ortho intramolecular Hbond substituents is 1. The summed E-state index contributed by atoms with van der Waals surface area (Å²) in [5, 5.41) is 12.0. The summed E-state index contributed by atoms with van der Waals surface area (Å²) in [5.41, 5.74) is 1.24. The van der Waals surface area contributed by atoms with E-state index in [1.807, 2.05) is 6.92 Å². The van der Waals surface area contributed by atoms with E-state index >= 15 is 0 Å². The lowest BCUT2D eigenvalue weighted by molar-refractivity contribution is 0.0961. The molecule has 1 rings (SSSR count). The van der Waals surface area contributed by atoms with Crippen LogP contribution in [0.25, 0.3) is 0 Å². The second-order valence-electron chi connectivity index (χ2n) is 2.74. The van der Waals surface area contributed by atoms with Crippen LogP contribution in [0.3, 0.4) is 0 Å². The lowest BCUT2D eigenvalue weighted by Crippen LogP contribution is -2.19. The van der Waals surface area contributed by atoms with Gasteiger partial charge in [-0.2, -0.15) is 0 Å². The van der Waals surface area contributed by atoms with Crippen molar-refractivity contribution in [2.24, 2.45) is 0 Å². The van der Waals surface area contributed by atoms with E-state index in [0.717, 1.165) is 0 Å². The van der Waals surface area contributed by atoms with E-state index in [1.165, 1.54) is 0 Å². The second kappa shape index (κ2) is 3.94. The van der Waals surface area contributed by atoms with Crippen LogP contribution in [0.5, 0.6) is 5.75 Å². The minimum atomic E-state index is -0.159. The SMILES string of the molecule is CCc1c(O)cccc1C(=O)NC. The number of carbonyl (C=O) groups excluding carboxylic acids is 1. The van der Waals surface area contributed by atoms with Crippen LogP contribution in [-0.4, -0.2) is 18.1 Å². The molecule has 0 aromatic heterocycles. The monoisotopic (exact) mass is 179 g/mol. The van der Waals surface area contributed by atoms with Crippen molar-refractivity contribution in [2.45, 2.75) is 13.3 Å². The van der Waals surface area contributed by atoms with Gasteiger partial charge in [0.25, 0.3) is 5.91 Å². The van der Waals surface area contributed by atoms with Crippen molar-refractivity contribution in [3.63, 3.8) is 0 Å². The largest absolute Gasteiger partial charge is 0.508 e. The van der Waals surface area contributed by atoms with Crippen LogP contribution in [0.15, 0.2) is 18.2 Å². The van der Waals surface area contributed by atoms with Gasteiger partial charge in [0.05, 0.1) is 0 Å². The lowest BCUT2D eigenvalue weighted by atomic mass is 10.0. The number of hydrogen-bond donors (Lipinski definition) is 2. The van der Waals surface area contributed by atoms with Gasteiger partial charge in [-0.1, -0.05) is 13.0 Å². The van der Waals surface area contributed by atoms with Crippen LogP contribution in [0.4, 0.5) is 0 Å². The molecular weight excluding hydrogens is 166 g/mol. The molecule has 1 amide bonds. The van der Waals surface area contributed by atoms with Gasteiger partial charge in [-0.3, -0.25) is 4.79 Å². The first-order chi connectivity index (χ1) is 6.20. The zero-order chi connectivity index (χ0) is 9.84. The van der Waals surface area contributed by atoms with E-state index in [2.05, 4.69) is 5.32 Å². The molecule has 1 aromatic rings. The summed E-state index contributed by atoms with van der Waals surface area (Å²) in [5.74, 6) is 0.0244. The molecule has 13 heavy (non-hydrogen) atoms. The van der Waals surface area contributed by atoms with E-state index in [0.29, 0.717) is 17.5 Å². The molecule has 70 valence electrons. The maximum absolute atomic E-state index is 11.3. The summed E-state index contributed by atoms with van der Waals surface area (Å²) in [6.07, 6.45) is 0.648. The third kappa shape index (κ3) is 1.80. The lowest BCUT2D eigenvalue weighted by Gasteiger charge is -2.07. The van der Waals surface area contributed by atoms with Crippen molar-refractivity contribution in [1.82, 2.24) is 5.32 Å². The summed E-state index contributed by atoms with van der Waals surface area (Å²) >= 11 is 0. The normalized spacial score (nSPS) is 9.69. The van der Waals surface area contributed by atoms with Gasteiger partial charge in [0.1, 0.15) is 5.75 Å². The maximum Gasteiger partial charge on any atom is 0.251 e. The second-order valence-corrected chi connectivity index (χ2v) is 2.74. The Labute approximate surface area is 77.4 Å². The third-order valence-electron chi connectivity index (χ3n) is 1.98. The number of aromatic hydroxyl groups is 1. The Hall–Kier alpha value is -1.51. The fraction of sp³-hybridized carbons (Fsp3) is 0.300. The van der Waals surface area contributed by atoms with E-state index in [-0.39, 0.29) is 11.7 Å². The first kappa shape index (κ1) is 9.58. The molecule has 3 heteroatoms. The highest BCUT2D eigenvalue weighted by Gasteiger charge is 2.10. The van der Waals surface area contributed by atoms with Gasteiger partial charge in [0.15, 0.2) is 0 Å². The van der Waals surface area contributed by atoms with Crippen molar-refractivity contribution in [2.75, 3.05) is 7.05 Å². The van der Waals surface area contributed by atoms with Gasteiger partial charge < -0.3 is 10.4 Å². The molecule has 0 spiro atoms. The van der Waals surface area contributed by atoms with Gasteiger partial charge in [0.2, 0.25) is 0 Å². The number of nitrogens with one attached hydrogen (secondary N) is 1. The maximum atomic E-state index is 11.3. The zero-order valence-corrected chi connectivity index (χ0v) is 7.79. The van der Waals surface area contributed by atoms with Gasteiger partial charge in [-0.05, 0) is 18.6 Å². The number of carbonyl (C=O) groups is 1. The number of benzene rings is 1. The van der Waals surface area contributed by atoms with Crippen LogP contribution < -0.4 is 5.32 Å². The van der Waals surface area contributed by atoms with Crippen LogP contribution >= 0.6 is 0 Å². The molecular formula is C10H13NO2. The molecule has 3 nitrogen and oxygen atoms in total. The Morgan fingerprint density at radius 1 is 1.54 bits per heavy atom. The number of hydrogen-bond acceptors (Lipinski definition) is 2. The Bertz CT molecular complexity index is 321. The van der Waals surface area contributed by atoms with E-state index in [1.54, 1.807) is 25.2 Å². The highest BCUT2D eigenvalue weighted by atomic mass is 16.3. The smallest absolute Gasteiger partial charge is 0.251 e. The van der Waals surface area contributed by atoms with Crippen LogP contribution in [0.1, 0.15) is 22.8 Å². The minimum Gasteiger partial charge on any atom is -0.508 e. The van der Waals surface area contributed by atoms with Crippen LogP contribution in [0.2, 0.25) is 0 Å². The summed E-state index contributed by atoms with van der Waals surface area (Å²) in [4.78, 5) is 11.3. The Morgan fingerprint density at radius 3 is 2.77 bits per heavy atom. The van der Waals surface area contributed by atoms with Crippen LogP contribution in [-0.2, 0) is 6.42 Å². The van der Waals surface area contributed by atoms with E-state index < -0.39 is 0 Å². The van der Waals surface area contributed by atoms with Gasteiger partial charge in [0, 0.05) is 18.2 Å². The standard InChI is InChI=1S/C10H13NO2/c1-3-7-8(10(13)11-2)5-4-6-9(7)12/h4-6,12H,3H2,1-2H3,(H,11,13). The Balaban J connectivity index is 3.20. The Kier molecular flexibility index (Phi) is 2.90. The molecule has 0 unspecified atom stereocenters. The quantitative estimate of drug-likeness (QED) is 0.719. The molecule has 0 atom stereocenters. The van der Waals surface area contributed by atoms with Crippen molar-refractivity contribution in [3.8, 4) is 5.75 Å². The van der Waals surface area contributed by atoms with Crippen molar-refractivity contribution in [3.05, 3.63) is 29.3 Å². The average Bonchev–Trinajstić information content (AvgIpc) is 2.16. The highest BCUT2D eigenvalue weighted by Crippen LogP contribution is 2.21. The van der Waals surface area contributed by atoms with E-state index in [4.69, 9.17) is 0 Å². The summed E-state index contributed by atoms with van der Waals surface area (Å²) in [7, 11) is 1.58. The van der Waals surface area contributed by atoms with Crippen molar-refractivity contribution < 1.29 is 9.90 Å². The van der Waals surface area contributed by atoms with Gasteiger partial charge in [-0.15, -0.1) is 0 Å². The average molecular weight is 179 g/mol. The molecule has 1 aromatic carbocycles. The predicted octanol–water partition coefficient (Wildman–Crippen LogP) is 1.31. The molecule has 2 N–H and O–H groups in total. The van der Waals surface area contributed by atoms with Crippen LogP contribution in [0, 0.1) is 0 Å². The molecule has 0 aliphatic rings. The molecule has 0 saturated heterocycles. The van der Waals surface area contributed by atoms with Crippen molar-refractivity contribution in [1.29, 1.82) is 0 Å². The topological polar surface area (TPSA) is 49.3 Å². The Morgan fingerprint density at radius 2 is 2.23 bits per heavy atom. The number of phenols is 1. The number of rotatable bonds is 2. The predicted molar refractivity (Wildman–Crippen MR) is 50.9 cm³/mol.